The number of hydrogen-bond donors (Lipinski definition) is 0. The molecule has 164 valence electrons. The Kier molecular flexibility index (Phi) is 5.66. The molecule has 0 nitrogen and oxygen atoms in total. The molecule has 4 aliphatic rings. The van der Waals surface area contributed by atoms with Crippen LogP contribution in [0.3, 0.4) is 0 Å². The number of allylic oxidation sites excluding steroid dienone is 4. The van der Waals surface area contributed by atoms with Gasteiger partial charge in [-0.05, 0) is 118 Å². The molecule has 0 aliphatic heterocycles. The molecule has 0 heteroatoms. The summed E-state index contributed by atoms with van der Waals surface area (Å²) in [6, 6.07) is 0. The predicted octanol–water partition coefficient (Wildman–Crippen LogP) is 9.12. The quantitative estimate of drug-likeness (QED) is 0.415. The van der Waals surface area contributed by atoms with Gasteiger partial charge in [0.2, 0.25) is 0 Å². The maximum atomic E-state index is 2.70. The van der Waals surface area contributed by atoms with E-state index >= 15 is 0 Å². The molecule has 0 aromatic rings. The molecule has 29 heavy (non-hydrogen) atoms. The second kappa shape index (κ2) is 7.56. The topological polar surface area (TPSA) is 0 Å². The van der Waals surface area contributed by atoms with E-state index in [9.17, 15) is 0 Å². The van der Waals surface area contributed by atoms with Crippen LogP contribution in [-0.2, 0) is 0 Å². The summed E-state index contributed by atoms with van der Waals surface area (Å²) in [6.45, 7) is 17.6. The second-order valence-electron chi connectivity index (χ2n) is 12.9. The van der Waals surface area contributed by atoms with Gasteiger partial charge in [0.1, 0.15) is 0 Å². The van der Waals surface area contributed by atoms with Crippen molar-refractivity contribution in [2.75, 3.05) is 0 Å². The van der Waals surface area contributed by atoms with E-state index in [1.807, 2.05) is 11.1 Å². The molecule has 0 saturated heterocycles. The van der Waals surface area contributed by atoms with E-state index in [1.165, 1.54) is 76.2 Å². The summed E-state index contributed by atoms with van der Waals surface area (Å²) in [4.78, 5) is 0. The van der Waals surface area contributed by atoms with Crippen LogP contribution in [0.5, 0.6) is 0 Å². The Hall–Kier alpha value is -0.520. The molecule has 6 atom stereocenters. The van der Waals surface area contributed by atoms with E-state index in [0.29, 0.717) is 16.2 Å². The van der Waals surface area contributed by atoms with Gasteiger partial charge in [-0.3, -0.25) is 0 Å². The van der Waals surface area contributed by atoms with Gasteiger partial charge < -0.3 is 0 Å². The summed E-state index contributed by atoms with van der Waals surface area (Å²) in [5.74, 6) is 3.65. The Balaban J connectivity index is 1.58. The first-order valence-corrected chi connectivity index (χ1v) is 13.0. The molecule has 0 aromatic carbocycles. The van der Waals surface area contributed by atoms with Gasteiger partial charge in [-0.1, -0.05) is 63.8 Å². The molecular weight excluding hydrogens is 348 g/mol. The maximum absolute atomic E-state index is 2.70. The van der Waals surface area contributed by atoms with Crippen LogP contribution >= 0.6 is 0 Å². The fourth-order valence-electron chi connectivity index (χ4n) is 9.20. The molecule has 0 amide bonds. The summed E-state index contributed by atoms with van der Waals surface area (Å²) < 4.78 is 0. The highest BCUT2D eigenvalue weighted by Crippen LogP contribution is 2.68. The van der Waals surface area contributed by atoms with Crippen molar-refractivity contribution in [3.63, 3.8) is 0 Å². The van der Waals surface area contributed by atoms with Gasteiger partial charge >= 0.3 is 0 Å². The number of hydrogen-bond acceptors (Lipinski definition) is 0. The summed E-state index contributed by atoms with van der Waals surface area (Å²) in [5, 5.41) is 0. The van der Waals surface area contributed by atoms with E-state index in [4.69, 9.17) is 0 Å². The molecule has 0 unspecified atom stereocenters. The zero-order valence-corrected chi connectivity index (χ0v) is 20.7. The van der Waals surface area contributed by atoms with E-state index in [-0.39, 0.29) is 0 Å². The summed E-state index contributed by atoms with van der Waals surface area (Å²) in [5.41, 5.74) is 7.08. The summed E-state index contributed by atoms with van der Waals surface area (Å²) in [6.07, 6.45) is 18.2. The Morgan fingerprint density at radius 3 is 2.48 bits per heavy atom. The third-order valence-electron chi connectivity index (χ3n) is 10.6. The Labute approximate surface area is 182 Å². The van der Waals surface area contributed by atoms with Gasteiger partial charge in [0, 0.05) is 0 Å². The van der Waals surface area contributed by atoms with Crippen molar-refractivity contribution in [1.29, 1.82) is 0 Å². The Morgan fingerprint density at radius 1 is 1.00 bits per heavy atom. The third kappa shape index (κ3) is 3.49. The molecule has 2 fully saturated rings. The van der Waals surface area contributed by atoms with E-state index < -0.39 is 0 Å². The number of rotatable bonds is 4. The molecule has 0 aromatic heterocycles. The molecule has 4 aliphatic carbocycles. The highest BCUT2D eigenvalue weighted by atomic mass is 14.6. The van der Waals surface area contributed by atoms with Crippen LogP contribution in [0.1, 0.15) is 119 Å². The van der Waals surface area contributed by atoms with E-state index in [0.717, 1.165) is 23.7 Å². The minimum absolute atomic E-state index is 0.518. The number of fused-ring (bicyclic) bond motifs is 4. The van der Waals surface area contributed by atoms with Crippen molar-refractivity contribution in [3.8, 4) is 0 Å². The Morgan fingerprint density at radius 2 is 1.76 bits per heavy atom. The van der Waals surface area contributed by atoms with Gasteiger partial charge in [-0.25, -0.2) is 0 Å². The minimum atomic E-state index is 0.518. The first kappa shape index (κ1) is 21.7. The largest absolute Gasteiger partial charge is 0.0859 e. The van der Waals surface area contributed by atoms with Crippen LogP contribution < -0.4 is 0 Å². The predicted molar refractivity (Wildman–Crippen MR) is 127 cm³/mol. The van der Waals surface area contributed by atoms with Crippen molar-refractivity contribution >= 4 is 0 Å². The fourth-order valence-corrected chi connectivity index (χ4v) is 9.20. The third-order valence-corrected chi connectivity index (χ3v) is 10.6. The second-order valence-corrected chi connectivity index (χ2v) is 12.9. The van der Waals surface area contributed by atoms with Gasteiger partial charge in [0.25, 0.3) is 0 Å². The van der Waals surface area contributed by atoms with Crippen LogP contribution in [0.15, 0.2) is 22.8 Å². The minimum Gasteiger partial charge on any atom is -0.0859 e. The molecule has 0 bridgehead atoms. The average molecular weight is 397 g/mol. The molecular formula is C29H48. The molecule has 4 rings (SSSR count). The van der Waals surface area contributed by atoms with E-state index in [1.54, 1.807) is 0 Å². The maximum Gasteiger partial charge on any atom is -0.00802 e. The van der Waals surface area contributed by atoms with Crippen LogP contribution in [0.25, 0.3) is 0 Å². The van der Waals surface area contributed by atoms with Crippen molar-refractivity contribution in [2.45, 2.75) is 119 Å². The van der Waals surface area contributed by atoms with Gasteiger partial charge in [-0.15, -0.1) is 0 Å². The van der Waals surface area contributed by atoms with Crippen molar-refractivity contribution in [3.05, 3.63) is 22.8 Å². The van der Waals surface area contributed by atoms with Crippen LogP contribution in [0, 0.1) is 39.9 Å². The standard InChI is InChI=1S/C29H48/c1-20(2)10-8-11-21(3)23-13-14-24-22-12-15-26-27(4,5)17-9-18-29(26,7)25(22)16-19-28(23,24)6/h10,21,23-24,26H,8-9,11-19H2,1-7H3/t21-,23-,24+,26+,28-,29-/m1/s1. The smallest absolute Gasteiger partial charge is 0.00802 e. The van der Waals surface area contributed by atoms with Crippen LogP contribution in [0.2, 0.25) is 0 Å². The Bertz CT molecular complexity index is 687. The van der Waals surface area contributed by atoms with Crippen molar-refractivity contribution < 1.29 is 0 Å². The molecule has 0 N–H and O–H groups in total. The molecule has 0 heterocycles. The average Bonchev–Trinajstić information content (AvgIpc) is 2.98. The highest BCUT2D eigenvalue weighted by molar-refractivity contribution is 5.35. The first-order chi connectivity index (χ1) is 13.6. The molecule has 2 saturated carbocycles. The zero-order valence-electron chi connectivity index (χ0n) is 20.7. The van der Waals surface area contributed by atoms with Crippen molar-refractivity contribution in [2.24, 2.45) is 39.9 Å². The first-order valence-electron chi connectivity index (χ1n) is 13.0. The lowest BCUT2D eigenvalue weighted by molar-refractivity contribution is -0.00386. The van der Waals surface area contributed by atoms with Gasteiger partial charge in [0.05, 0.1) is 0 Å². The molecule has 0 spiro atoms. The van der Waals surface area contributed by atoms with Crippen molar-refractivity contribution in [1.82, 2.24) is 0 Å². The van der Waals surface area contributed by atoms with Crippen LogP contribution in [0.4, 0.5) is 0 Å². The lowest BCUT2D eigenvalue weighted by Gasteiger charge is -2.58. The monoisotopic (exact) mass is 396 g/mol. The fraction of sp³-hybridized carbons (Fsp3) is 0.862. The SMILES string of the molecule is CC(C)=CCC[C@@H](C)[C@H]1CC[C@H]2C3=C(CC[C@]12C)[C@@]1(C)CCCC(C)(C)[C@@H]1CC3. The normalized spacial score (nSPS) is 42.0. The van der Waals surface area contributed by atoms with Gasteiger partial charge in [0.15, 0.2) is 0 Å². The molecule has 0 radical (unpaired) electrons. The zero-order chi connectivity index (χ0) is 21.0. The summed E-state index contributed by atoms with van der Waals surface area (Å²) >= 11 is 0. The lowest BCUT2D eigenvalue weighted by atomic mass is 9.46. The van der Waals surface area contributed by atoms with E-state index in [2.05, 4.69) is 54.5 Å². The van der Waals surface area contributed by atoms with Gasteiger partial charge in [-0.2, -0.15) is 0 Å². The highest BCUT2D eigenvalue weighted by Gasteiger charge is 2.57. The summed E-state index contributed by atoms with van der Waals surface area (Å²) in [7, 11) is 0. The van der Waals surface area contributed by atoms with Crippen LogP contribution in [-0.4, -0.2) is 0 Å². The lowest BCUT2D eigenvalue weighted by Crippen LogP contribution is -2.48.